The molecule has 140 valence electrons. The molecule has 5 heteroatoms. The first-order valence-electron chi connectivity index (χ1n) is 8.99. The highest BCUT2D eigenvalue weighted by atomic mass is 35.5. The number of benzene rings is 3. The van der Waals surface area contributed by atoms with Gasteiger partial charge >= 0.3 is 0 Å². The molecule has 1 amide bonds. The summed E-state index contributed by atoms with van der Waals surface area (Å²) < 4.78 is 5.75. The van der Waals surface area contributed by atoms with E-state index < -0.39 is 0 Å². The standard InChI is InChI=1S/C23H19ClN2O2/c24-19-8-10-21(11-9-19)28-15-16-4-3-6-18(12-16)23(27)25-14-20-13-17-5-1-2-7-22(17)26-20/h1-13,26H,14-15H2,(H,25,27). The van der Waals surface area contributed by atoms with Crippen molar-refractivity contribution in [3.05, 3.63) is 101 Å². The van der Waals surface area contributed by atoms with E-state index >= 15 is 0 Å². The van der Waals surface area contributed by atoms with Crippen molar-refractivity contribution in [3.8, 4) is 5.75 Å². The van der Waals surface area contributed by atoms with Gasteiger partial charge in [0.1, 0.15) is 12.4 Å². The maximum atomic E-state index is 12.5. The monoisotopic (exact) mass is 390 g/mol. The lowest BCUT2D eigenvalue weighted by Gasteiger charge is -2.08. The van der Waals surface area contributed by atoms with Crippen molar-refractivity contribution in [2.75, 3.05) is 0 Å². The van der Waals surface area contributed by atoms with Gasteiger partial charge < -0.3 is 15.0 Å². The highest BCUT2D eigenvalue weighted by Crippen LogP contribution is 2.18. The summed E-state index contributed by atoms with van der Waals surface area (Å²) in [6.45, 7) is 0.823. The molecule has 0 spiro atoms. The number of para-hydroxylation sites is 1. The summed E-state index contributed by atoms with van der Waals surface area (Å²) in [4.78, 5) is 15.8. The first-order chi connectivity index (χ1) is 13.7. The molecule has 4 nitrogen and oxygen atoms in total. The van der Waals surface area contributed by atoms with Gasteiger partial charge in [-0.25, -0.2) is 0 Å². The quantitative estimate of drug-likeness (QED) is 0.467. The van der Waals surface area contributed by atoms with Gasteiger partial charge in [0.25, 0.3) is 5.91 Å². The number of aromatic nitrogens is 1. The molecular weight excluding hydrogens is 372 g/mol. The van der Waals surface area contributed by atoms with Gasteiger partial charge in [-0.3, -0.25) is 4.79 Å². The first-order valence-corrected chi connectivity index (χ1v) is 9.37. The van der Waals surface area contributed by atoms with E-state index in [0.29, 0.717) is 23.7 Å². The number of hydrogen-bond donors (Lipinski definition) is 2. The molecule has 0 aliphatic rings. The van der Waals surface area contributed by atoms with Gasteiger partial charge in [0.15, 0.2) is 0 Å². The predicted molar refractivity (Wildman–Crippen MR) is 112 cm³/mol. The summed E-state index contributed by atoms with van der Waals surface area (Å²) in [5.74, 6) is 0.616. The number of nitrogens with one attached hydrogen (secondary N) is 2. The molecule has 0 atom stereocenters. The molecule has 0 bridgehead atoms. The zero-order valence-corrected chi connectivity index (χ0v) is 15.9. The molecule has 0 unspecified atom stereocenters. The average molecular weight is 391 g/mol. The van der Waals surface area contributed by atoms with E-state index in [1.54, 1.807) is 18.2 Å². The van der Waals surface area contributed by atoms with Crippen molar-refractivity contribution in [2.24, 2.45) is 0 Å². The lowest BCUT2D eigenvalue weighted by atomic mass is 10.1. The molecule has 3 aromatic carbocycles. The van der Waals surface area contributed by atoms with E-state index in [2.05, 4.69) is 10.3 Å². The Morgan fingerprint density at radius 1 is 0.964 bits per heavy atom. The van der Waals surface area contributed by atoms with Gasteiger partial charge in [0, 0.05) is 21.8 Å². The van der Waals surface area contributed by atoms with Crippen LogP contribution in [0.1, 0.15) is 21.6 Å². The van der Waals surface area contributed by atoms with Crippen LogP contribution in [0.2, 0.25) is 5.02 Å². The van der Waals surface area contributed by atoms with Crippen LogP contribution >= 0.6 is 11.6 Å². The Hall–Kier alpha value is -3.24. The number of rotatable bonds is 6. The molecule has 4 aromatic rings. The van der Waals surface area contributed by atoms with Crippen LogP contribution in [0.3, 0.4) is 0 Å². The third kappa shape index (κ3) is 4.35. The third-order valence-corrected chi connectivity index (χ3v) is 4.69. The fourth-order valence-corrected chi connectivity index (χ4v) is 3.13. The smallest absolute Gasteiger partial charge is 0.251 e. The summed E-state index contributed by atoms with van der Waals surface area (Å²) >= 11 is 5.88. The van der Waals surface area contributed by atoms with Crippen LogP contribution in [0.5, 0.6) is 5.75 Å². The van der Waals surface area contributed by atoms with Gasteiger partial charge in [-0.15, -0.1) is 0 Å². The second-order valence-corrected chi connectivity index (χ2v) is 6.94. The zero-order chi connectivity index (χ0) is 19.3. The van der Waals surface area contributed by atoms with E-state index in [1.165, 1.54) is 0 Å². The van der Waals surface area contributed by atoms with E-state index in [0.717, 1.165) is 27.9 Å². The lowest BCUT2D eigenvalue weighted by molar-refractivity contribution is 0.0950. The van der Waals surface area contributed by atoms with Gasteiger partial charge in [-0.05, 0) is 59.5 Å². The molecule has 0 aliphatic carbocycles. The number of fused-ring (bicyclic) bond motifs is 1. The Labute approximate surface area is 168 Å². The topological polar surface area (TPSA) is 54.1 Å². The Morgan fingerprint density at radius 2 is 1.79 bits per heavy atom. The fourth-order valence-electron chi connectivity index (χ4n) is 3.01. The molecule has 0 fully saturated rings. The van der Waals surface area contributed by atoms with Crippen molar-refractivity contribution in [2.45, 2.75) is 13.2 Å². The fraction of sp³-hybridized carbons (Fsp3) is 0.0870. The highest BCUT2D eigenvalue weighted by molar-refractivity contribution is 6.30. The Morgan fingerprint density at radius 3 is 2.61 bits per heavy atom. The number of aromatic amines is 1. The van der Waals surface area contributed by atoms with E-state index in [4.69, 9.17) is 16.3 Å². The molecule has 0 aliphatic heterocycles. The van der Waals surface area contributed by atoms with Gasteiger partial charge in [-0.1, -0.05) is 41.9 Å². The molecular formula is C23H19ClN2O2. The molecule has 0 saturated heterocycles. The normalized spacial score (nSPS) is 10.8. The second kappa shape index (κ2) is 8.19. The summed E-state index contributed by atoms with van der Waals surface area (Å²) in [6, 6.07) is 24.7. The average Bonchev–Trinajstić information content (AvgIpc) is 3.15. The lowest BCUT2D eigenvalue weighted by Crippen LogP contribution is -2.23. The van der Waals surface area contributed by atoms with Gasteiger partial charge in [0.2, 0.25) is 0 Å². The number of ether oxygens (including phenoxy) is 1. The number of H-pyrrole nitrogens is 1. The molecule has 2 N–H and O–H groups in total. The van der Waals surface area contributed by atoms with Gasteiger partial charge in [-0.2, -0.15) is 0 Å². The number of hydrogen-bond acceptors (Lipinski definition) is 2. The summed E-state index contributed by atoms with van der Waals surface area (Å²) in [7, 11) is 0. The largest absolute Gasteiger partial charge is 0.489 e. The Balaban J connectivity index is 1.37. The minimum atomic E-state index is -0.119. The molecule has 1 heterocycles. The summed E-state index contributed by atoms with van der Waals surface area (Å²) in [5, 5.41) is 4.76. The van der Waals surface area contributed by atoms with Crippen molar-refractivity contribution in [1.29, 1.82) is 0 Å². The van der Waals surface area contributed by atoms with Crippen LogP contribution in [-0.2, 0) is 13.2 Å². The van der Waals surface area contributed by atoms with Crippen molar-refractivity contribution < 1.29 is 9.53 Å². The minimum Gasteiger partial charge on any atom is -0.489 e. The Bertz CT molecular complexity index is 1070. The maximum absolute atomic E-state index is 12.5. The van der Waals surface area contributed by atoms with Crippen LogP contribution in [0.15, 0.2) is 78.9 Å². The van der Waals surface area contributed by atoms with Gasteiger partial charge in [0.05, 0.1) is 6.54 Å². The molecule has 1 aromatic heterocycles. The van der Waals surface area contributed by atoms with Crippen molar-refractivity contribution in [3.63, 3.8) is 0 Å². The van der Waals surface area contributed by atoms with E-state index in [9.17, 15) is 4.79 Å². The second-order valence-electron chi connectivity index (χ2n) is 6.51. The van der Waals surface area contributed by atoms with Crippen molar-refractivity contribution >= 4 is 28.4 Å². The van der Waals surface area contributed by atoms with Crippen LogP contribution in [-0.4, -0.2) is 10.9 Å². The number of amides is 1. The van der Waals surface area contributed by atoms with Crippen molar-refractivity contribution in [1.82, 2.24) is 10.3 Å². The highest BCUT2D eigenvalue weighted by Gasteiger charge is 2.08. The SMILES string of the molecule is O=C(NCc1cc2ccccc2[nH]1)c1cccc(COc2ccc(Cl)cc2)c1. The number of halogens is 1. The van der Waals surface area contributed by atoms with Crippen LogP contribution in [0, 0.1) is 0 Å². The maximum Gasteiger partial charge on any atom is 0.251 e. The van der Waals surface area contributed by atoms with Crippen LogP contribution in [0.25, 0.3) is 10.9 Å². The third-order valence-electron chi connectivity index (χ3n) is 4.43. The minimum absolute atomic E-state index is 0.119. The van der Waals surface area contributed by atoms with Crippen LogP contribution in [0.4, 0.5) is 0 Å². The molecule has 0 saturated carbocycles. The Kier molecular flexibility index (Phi) is 5.31. The summed E-state index contributed by atoms with van der Waals surface area (Å²) in [6.07, 6.45) is 0. The molecule has 0 radical (unpaired) electrons. The number of carbonyl (C=O) groups excluding carboxylic acids is 1. The van der Waals surface area contributed by atoms with E-state index in [1.807, 2.05) is 60.7 Å². The molecule has 28 heavy (non-hydrogen) atoms. The predicted octanol–water partition coefficient (Wildman–Crippen LogP) is 5.33. The summed E-state index contributed by atoms with van der Waals surface area (Å²) in [5.41, 5.74) is 3.56. The first kappa shape index (κ1) is 18.1. The van der Waals surface area contributed by atoms with Crippen LogP contribution < -0.4 is 10.1 Å². The number of carbonyl (C=O) groups is 1. The molecule has 4 rings (SSSR count). The van der Waals surface area contributed by atoms with E-state index in [-0.39, 0.29) is 5.91 Å². The zero-order valence-electron chi connectivity index (χ0n) is 15.1.